The van der Waals surface area contributed by atoms with Crippen molar-refractivity contribution in [2.24, 2.45) is 0 Å². The second-order valence-corrected chi connectivity index (χ2v) is 19.9. The molecule has 0 fully saturated rings. The monoisotopic (exact) mass is 1080 g/mol. The molecular formula is C39H57Cl4F3N11O9PS. The van der Waals surface area contributed by atoms with Crippen molar-refractivity contribution in [1.29, 1.82) is 0 Å². The molecule has 0 aliphatic carbocycles. The summed E-state index contributed by atoms with van der Waals surface area (Å²) >= 11 is 23.0. The number of nitrogens with zero attached hydrogens (tertiary/aromatic N) is 7. The fourth-order valence-corrected chi connectivity index (χ4v) is 6.46. The van der Waals surface area contributed by atoms with Crippen LogP contribution in [0.5, 0.6) is 0 Å². The zero-order valence-electron chi connectivity index (χ0n) is 38.8. The molecule has 2 aromatic heterocycles. The van der Waals surface area contributed by atoms with E-state index in [4.69, 9.17) is 66.9 Å². The third-order valence-electron chi connectivity index (χ3n) is 7.66. The van der Waals surface area contributed by atoms with Crippen LogP contribution >= 0.6 is 54.0 Å². The molecule has 68 heavy (non-hydrogen) atoms. The highest BCUT2D eigenvalue weighted by Crippen LogP contribution is 2.39. The molecule has 0 radical (unpaired) electrons. The zero-order valence-corrected chi connectivity index (χ0v) is 43.6. The summed E-state index contributed by atoms with van der Waals surface area (Å²) < 4.78 is 53.8. The number of nitro groups is 1. The number of benzene rings is 2. The van der Waals surface area contributed by atoms with Crippen molar-refractivity contribution in [1.82, 2.24) is 30.0 Å². The van der Waals surface area contributed by atoms with E-state index in [0.29, 0.717) is 41.5 Å². The molecule has 2 unspecified atom stereocenters. The second kappa shape index (κ2) is 31.1. The van der Waals surface area contributed by atoms with E-state index in [2.05, 4.69) is 62.4 Å². The number of hydrogen-bond donors (Lipinski definition) is 6. The van der Waals surface area contributed by atoms with E-state index in [0.717, 1.165) is 40.7 Å². The van der Waals surface area contributed by atoms with Crippen molar-refractivity contribution in [2.45, 2.75) is 66.2 Å². The van der Waals surface area contributed by atoms with Gasteiger partial charge >= 0.3 is 17.8 Å². The molecule has 4 aromatic rings. The molecule has 1 amide bonds. The standard InChI is InChI=1S/C15H22ClNO2.C10H5Cl2F3N4O2.C8H14ClN5.C3H8NO5P.C3H9S/c1-5-13-8-6-7-11(2)15(13)17(14(18)9-16)12(3)10-19-4;11-5-1-4(10(13,14)15)2-6(12)8(5)18-9(16)7(3-17-18)19(20)21;1-4-10-7-12-6(9)13-8(14-7)11-5(2)3;5-3(6)1-4-2-10(7,8)9;1-4(2)3/h6-8,12H,5,9-10H2,1-4H3;1-3H,16H2;5H,4H2,1-3H3,(H2,10,11,12,13,14);4H,1-2H2,(H,5,6)(H2,7,8,9);1-3H3/q;;;;+1/p-1. The summed E-state index contributed by atoms with van der Waals surface area (Å²) in [5, 5.41) is 29.7. The molecule has 0 aliphatic rings. The van der Waals surface area contributed by atoms with Gasteiger partial charge in [-0.1, -0.05) is 48.3 Å². The van der Waals surface area contributed by atoms with Crippen molar-refractivity contribution >= 4 is 106 Å². The third kappa shape index (κ3) is 23.9. The molecule has 7 N–H and O–H groups in total. The van der Waals surface area contributed by atoms with Gasteiger partial charge in [-0.3, -0.25) is 25.0 Å². The minimum Gasteiger partial charge on any atom is -0.778 e. The van der Waals surface area contributed by atoms with Crippen LogP contribution in [0.4, 0.5) is 42.3 Å². The Hall–Kier alpha value is -4.23. The molecular weight excluding hydrogens is 1030 g/mol. The number of para-hydroxylation sites is 1. The average Bonchev–Trinajstić information content (AvgIpc) is 3.58. The smallest absolute Gasteiger partial charge is 0.416 e. The molecule has 0 bridgehead atoms. The normalized spacial score (nSPS) is 12.1. The van der Waals surface area contributed by atoms with Crippen LogP contribution in [-0.2, 0) is 42.4 Å². The molecule has 2 aromatic carbocycles. The minimum absolute atomic E-state index is 0.0223. The summed E-state index contributed by atoms with van der Waals surface area (Å²) in [5.74, 6) is -0.690. The van der Waals surface area contributed by atoms with Gasteiger partial charge in [0.1, 0.15) is 25.4 Å². The Kier molecular flexibility index (Phi) is 29.2. The number of carboxylic acids is 1. The highest BCUT2D eigenvalue weighted by Gasteiger charge is 2.33. The molecule has 0 saturated heterocycles. The Balaban J connectivity index is 0.000000882. The van der Waals surface area contributed by atoms with Crippen LogP contribution in [0.3, 0.4) is 0 Å². The number of nitrogens with two attached hydrogens (primary N) is 1. The lowest BCUT2D eigenvalue weighted by atomic mass is 10.0. The lowest BCUT2D eigenvalue weighted by Crippen LogP contribution is -2.43. The largest absolute Gasteiger partial charge is 0.778 e. The topological polar surface area (TPSA) is 289 Å². The Morgan fingerprint density at radius 2 is 1.63 bits per heavy atom. The lowest BCUT2D eigenvalue weighted by molar-refractivity contribution is -0.383. The number of ether oxygens (including phenoxy) is 1. The maximum Gasteiger partial charge on any atom is 0.416 e. The first kappa shape index (κ1) is 63.8. The van der Waals surface area contributed by atoms with Gasteiger partial charge in [-0.2, -0.15) is 33.2 Å². The first-order chi connectivity index (χ1) is 31.4. The quantitative estimate of drug-likeness (QED) is 0.0211. The fraction of sp³-hybridized carbons (Fsp3) is 0.487. The number of hydrogen-bond acceptors (Lipinski definition) is 15. The average molecular weight is 1090 g/mol. The summed E-state index contributed by atoms with van der Waals surface area (Å²) in [4.78, 5) is 63.6. The molecule has 29 heteroatoms. The van der Waals surface area contributed by atoms with Crippen molar-refractivity contribution in [3.63, 3.8) is 0 Å². The predicted octanol–water partition coefficient (Wildman–Crippen LogP) is 7.29. The molecule has 2 atom stereocenters. The molecule has 20 nitrogen and oxygen atoms in total. The Labute approximate surface area is 415 Å². The van der Waals surface area contributed by atoms with Gasteiger partial charge in [-0.15, -0.1) is 11.6 Å². The van der Waals surface area contributed by atoms with Gasteiger partial charge in [-0.05, 0) is 86.8 Å². The maximum atomic E-state index is 12.6. The summed E-state index contributed by atoms with van der Waals surface area (Å²) in [5.41, 5.74) is 6.99. The zero-order chi connectivity index (χ0) is 52.7. The number of nitrogen functional groups attached to an aromatic ring is 1. The number of aliphatic carboxylic acids is 1. The molecule has 2 heterocycles. The number of anilines is 4. The number of halogens is 7. The number of carbonyl (C=O) groups excluding carboxylic acids is 1. The Morgan fingerprint density at radius 3 is 2.06 bits per heavy atom. The van der Waals surface area contributed by atoms with E-state index >= 15 is 0 Å². The maximum absolute atomic E-state index is 12.6. The first-order valence-corrected chi connectivity index (χ1v) is 25.7. The molecule has 4 rings (SSSR count). The number of rotatable bonds is 16. The van der Waals surface area contributed by atoms with E-state index < -0.39 is 54.6 Å². The number of aryl methyl sites for hydroxylation is 2. The van der Waals surface area contributed by atoms with Crippen LogP contribution in [0.2, 0.25) is 15.3 Å². The molecule has 0 spiro atoms. The molecule has 382 valence electrons. The number of carbonyl (C=O) groups is 2. The summed E-state index contributed by atoms with van der Waals surface area (Å²) in [6.07, 6.45) is 2.97. The Bertz CT molecular complexity index is 2260. The summed E-state index contributed by atoms with van der Waals surface area (Å²) in [7, 11) is -2.07. The molecule has 0 aliphatic heterocycles. The number of methoxy groups -OCH3 is 1. The van der Waals surface area contributed by atoms with Crippen molar-refractivity contribution in [3.8, 4) is 5.69 Å². The highest BCUT2D eigenvalue weighted by atomic mass is 35.5. The summed E-state index contributed by atoms with van der Waals surface area (Å²) in [6, 6.07) is 7.58. The number of aromatic nitrogens is 5. The summed E-state index contributed by atoms with van der Waals surface area (Å²) in [6.45, 7) is 12.8. The van der Waals surface area contributed by atoms with Gasteiger partial charge in [0.25, 0.3) is 0 Å². The highest BCUT2D eigenvalue weighted by molar-refractivity contribution is 7.94. The SMILES string of the molecule is CCNc1nc(Cl)nc(NC(C)C)n1.CCc1cccc(C)c1N(C(=O)CCl)C(C)COC.C[S+](C)C.Nc1c([N+](=O)[O-])cnn1-c1c(Cl)cc(C(F)(F)F)cc1Cl.O=C(O)CNCP(=O)([O-])O. The van der Waals surface area contributed by atoms with Crippen molar-refractivity contribution in [2.75, 3.05) is 79.0 Å². The van der Waals surface area contributed by atoms with E-state index in [-0.39, 0.29) is 44.9 Å². The van der Waals surface area contributed by atoms with Gasteiger partial charge in [-0.25, -0.2) is 4.68 Å². The third-order valence-corrected chi connectivity index (χ3v) is 9.26. The first-order valence-electron chi connectivity index (χ1n) is 19.8. The van der Waals surface area contributed by atoms with Crippen LogP contribution < -0.4 is 31.5 Å². The van der Waals surface area contributed by atoms with Crippen LogP contribution in [0.25, 0.3) is 5.69 Å². The number of amides is 1. The van der Waals surface area contributed by atoms with Gasteiger partial charge in [0.15, 0.2) is 0 Å². The van der Waals surface area contributed by atoms with E-state index in [1.54, 1.807) is 12.0 Å². The van der Waals surface area contributed by atoms with Crippen molar-refractivity contribution < 1.29 is 51.9 Å². The number of carboxylic acid groups (broad SMARTS) is 1. The lowest BCUT2D eigenvalue weighted by Gasteiger charge is -2.31. The van der Waals surface area contributed by atoms with Crippen LogP contribution in [0, 0.1) is 17.0 Å². The minimum atomic E-state index is -4.63. The molecule has 0 saturated carbocycles. The van der Waals surface area contributed by atoms with Gasteiger partial charge < -0.3 is 45.5 Å². The van der Waals surface area contributed by atoms with Gasteiger partial charge in [0.05, 0.1) is 70.5 Å². The van der Waals surface area contributed by atoms with E-state index in [9.17, 15) is 42.3 Å². The van der Waals surface area contributed by atoms with E-state index in [1.807, 2.05) is 52.1 Å². The van der Waals surface area contributed by atoms with E-state index in [1.165, 1.54) is 0 Å². The van der Waals surface area contributed by atoms with Gasteiger partial charge in [0, 0.05) is 19.7 Å². The fourth-order valence-electron chi connectivity index (χ4n) is 5.13. The predicted molar refractivity (Wildman–Crippen MR) is 263 cm³/mol. The second-order valence-electron chi connectivity index (χ2n) is 14.4. The van der Waals surface area contributed by atoms with Crippen molar-refractivity contribution in [3.05, 3.63) is 78.7 Å². The number of alkyl halides is 4. The van der Waals surface area contributed by atoms with Crippen LogP contribution in [0.15, 0.2) is 36.5 Å². The van der Waals surface area contributed by atoms with Gasteiger partial charge in [0.2, 0.25) is 28.9 Å². The van der Waals surface area contributed by atoms with Crippen LogP contribution in [0.1, 0.15) is 51.3 Å². The Morgan fingerprint density at radius 1 is 1.07 bits per heavy atom. The van der Waals surface area contributed by atoms with Crippen LogP contribution in [-0.4, -0.2) is 121 Å². The number of nitrogens with one attached hydrogen (secondary N) is 3.